The highest BCUT2D eigenvalue weighted by Crippen LogP contribution is 2.26. The van der Waals surface area contributed by atoms with Gasteiger partial charge in [0.15, 0.2) is 0 Å². The molecule has 18 heavy (non-hydrogen) atoms. The van der Waals surface area contributed by atoms with Gasteiger partial charge in [0.25, 0.3) is 0 Å². The Morgan fingerprint density at radius 1 is 1.17 bits per heavy atom. The van der Waals surface area contributed by atoms with Gasteiger partial charge in [-0.1, -0.05) is 13.8 Å². The molecule has 2 saturated heterocycles. The lowest BCUT2D eigenvalue weighted by Gasteiger charge is -2.36. The zero-order valence-corrected chi connectivity index (χ0v) is 12.0. The highest BCUT2D eigenvalue weighted by atomic mass is 16.2. The Morgan fingerprint density at radius 2 is 1.83 bits per heavy atom. The van der Waals surface area contributed by atoms with Crippen LogP contribution in [0.4, 0.5) is 0 Å². The molecule has 1 amide bonds. The van der Waals surface area contributed by atoms with Crippen LogP contribution in [0.1, 0.15) is 33.6 Å². The second kappa shape index (κ2) is 6.02. The molecule has 4 heteroatoms. The summed E-state index contributed by atoms with van der Waals surface area (Å²) in [4.78, 5) is 17.0. The van der Waals surface area contributed by atoms with E-state index in [0.29, 0.717) is 17.9 Å². The SMILES string of the molecule is CC(C)C1CCCN1C(C)C(=O)N1CCNCC1. The molecule has 0 spiro atoms. The second-order valence-corrected chi connectivity index (χ2v) is 5.94. The predicted octanol–water partition coefficient (Wildman–Crippen LogP) is 0.927. The maximum Gasteiger partial charge on any atom is 0.239 e. The normalized spacial score (nSPS) is 27.8. The molecule has 1 N–H and O–H groups in total. The highest BCUT2D eigenvalue weighted by Gasteiger charge is 2.35. The van der Waals surface area contributed by atoms with Crippen LogP contribution in [0.3, 0.4) is 0 Å². The Labute approximate surface area is 111 Å². The van der Waals surface area contributed by atoms with Crippen LogP contribution >= 0.6 is 0 Å². The fraction of sp³-hybridized carbons (Fsp3) is 0.929. The Balaban J connectivity index is 1.96. The summed E-state index contributed by atoms with van der Waals surface area (Å²) >= 11 is 0. The number of nitrogens with one attached hydrogen (secondary N) is 1. The second-order valence-electron chi connectivity index (χ2n) is 5.94. The minimum absolute atomic E-state index is 0.0537. The van der Waals surface area contributed by atoms with Gasteiger partial charge in [-0.2, -0.15) is 0 Å². The lowest BCUT2D eigenvalue weighted by Crippen LogP contribution is -2.54. The van der Waals surface area contributed by atoms with Gasteiger partial charge in [0.05, 0.1) is 6.04 Å². The van der Waals surface area contributed by atoms with Crippen molar-refractivity contribution < 1.29 is 4.79 Å². The highest BCUT2D eigenvalue weighted by molar-refractivity contribution is 5.81. The molecule has 0 saturated carbocycles. The van der Waals surface area contributed by atoms with Gasteiger partial charge in [-0.15, -0.1) is 0 Å². The minimum Gasteiger partial charge on any atom is -0.339 e. The lowest BCUT2D eigenvalue weighted by molar-refractivity contribution is -0.137. The summed E-state index contributed by atoms with van der Waals surface area (Å²) in [5, 5.41) is 3.30. The van der Waals surface area contributed by atoms with Gasteiger partial charge < -0.3 is 10.2 Å². The molecule has 4 nitrogen and oxygen atoms in total. The summed E-state index contributed by atoms with van der Waals surface area (Å²) in [5.74, 6) is 0.967. The Hall–Kier alpha value is -0.610. The van der Waals surface area contributed by atoms with Crippen molar-refractivity contribution in [3.05, 3.63) is 0 Å². The molecule has 2 fully saturated rings. The smallest absolute Gasteiger partial charge is 0.239 e. The first-order valence-electron chi connectivity index (χ1n) is 7.36. The molecule has 0 aromatic carbocycles. The largest absolute Gasteiger partial charge is 0.339 e. The van der Waals surface area contributed by atoms with E-state index in [-0.39, 0.29) is 6.04 Å². The first-order valence-corrected chi connectivity index (χ1v) is 7.36. The molecule has 2 unspecified atom stereocenters. The molecule has 0 aliphatic carbocycles. The molecule has 2 heterocycles. The number of carbonyl (C=O) groups is 1. The number of rotatable bonds is 3. The molecule has 2 aliphatic rings. The number of likely N-dealkylation sites (tertiary alicyclic amines) is 1. The number of carbonyl (C=O) groups excluding carboxylic acids is 1. The third kappa shape index (κ3) is 2.86. The summed E-state index contributed by atoms with van der Waals surface area (Å²) in [5.41, 5.74) is 0. The molecule has 0 bridgehead atoms. The Kier molecular flexibility index (Phi) is 4.62. The average molecular weight is 253 g/mol. The van der Waals surface area contributed by atoms with Crippen molar-refractivity contribution in [3.8, 4) is 0 Å². The molecule has 2 atom stereocenters. The van der Waals surface area contributed by atoms with Crippen LogP contribution in [-0.2, 0) is 4.79 Å². The Morgan fingerprint density at radius 3 is 2.44 bits per heavy atom. The number of nitrogens with zero attached hydrogens (tertiary/aromatic N) is 2. The van der Waals surface area contributed by atoms with Crippen LogP contribution < -0.4 is 5.32 Å². The summed E-state index contributed by atoms with van der Waals surface area (Å²) in [6.45, 7) is 11.3. The van der Waals surface area contributed by atoms with Crippen LogP contribution in [0.2, 0.25) is 0 Å². The van der Waals surface area contributed by atoms with Gasteiger partial charge in [-0.3, -0.25) is 9.69 Å². The topological polar surface area (TPSA) is 35.6 Å². The van der Waals surface area contributed by atoms with E-state index in [0.717, 1.165) is 32.7 Å². The fourth-order valence-corrected chi connectivity index (χ4v) is 3.30. The third-order valence-electron chi connectivity index (χ3n) is 4.40. The molecule has 104 valence electrons. The molecular formula is C14H27N3O. The summed E-state index contributed by atoms with van der Waals surface area (Å²) in [6, 6.07) is 0.643. The van der Waals surface area contributed by atoms with Crippen molar-refractivity contribution in [2.45, 2.75) is 45.7 Å². The fourth-order valence-electron chi connectivity index (χ4n) is 3.30. The van der Waals surface area contributed by atoms with E-state index in [1.165, 1.54) is 12.8 Å². The van der Waals surface area contributed by atoms with E-state index in [1.807, 2.05) is 4.90 Å². The number of hydrogen-bond acceptors (Lipinski definition) is 3. The molecule has 0 radical (unpaired) electrons. The van der Waals surface area contributed by atoms with Crippen molar-refractivity contribution in [1.82, 2.24) is 15.1 Å². The maximum absolute atomic E-state index is 12.5. The third-order valence-corrected chi connectivity index (χ3v) is 4.40. The van der Waals surface area contributed by atoms with E-state index in [4.69, 9.17) is 0 Å². The first-order chi connectivity index (χ1) is 8.61. The van der Waals surface area contributed by atoms with Crippen LogP contribution in [0, 0.1) is 5.92 Å². The van der Waals surface area contributed by atoms with Gasteiger partial charge in [0, 0.05) is 32.2 Å². The van der Waals surface area contributed by atoms with Crippen molar-refractivity contribution in [2.24, 2.45) is 5.92 Å². The lowest BCUT2D eigenvalue weighted by atomic mass is 10.0. The molecular weight excluding hydrogens is 226 g/mol. The number of hydrogen-bond donors (Lipinski definition) is 1. The van der Waals surface area contributed by atoms with Gasteiger partial charge in [-0.05, 0) is 32.2 Å². The minimum atomic E-state index is 0.0537. The van der Waals surface area contributed by atoms with Crippen molar-refractivity contribution in [3.63, 3.8) is 0 Å². The molecule has 2 rings (SSSR count). The van der Waals surface area contributed by atoms with Crippen LogP contribution in [0.15, 0.2) is 0 Å². The van der Waals surface area contributed by atoms with Crippen LogP contribution in [0.5, 0.6) is 0 Å². The molecule has 0 aromatic rings. The predicted molar refractivity (Wildman–Crippen MR) is 73.5 cm³/mol. The van der Waals surface area contributed by atoms with E-state index in [1.54, 1.807) is 0 Å². The van der Waals surface area contributed by atoms with E-state index in [2.05, 4.69) is 31.0 Å². The average Bonchev–Trinajstić information content (AvgIpc) is 2.87. The summed E-state index contributed by atoms with van der Waals surface area (Å²) in [6.07, 6.45) is 2.48. The standard InChI is InChI=1S/C14H27N3O/c1-11(2)13-5-4-8-17(13)12(3)14(18)16-9-6-15-7-10-16/h11-13,15H,4-10H2,1-3H3. The number of piperazine rings is 1. The first kappa shape index (κ1) is 13.8. The van der Waals surface area contributed by atoms with Gasteiger partial charge >= 0.3 is 0 Å². The Bertz CT molecular complexity index is 287. The van der Waals surface area contributed by atoms with E-state index >= 15 is 0 Å². The van der Waals surface area contributed by atoms with E-state index < -0.39 is 0 Å². The monoisotopic (exact) mass is 253 g/mol. The summed E-state index contributed by atoms with van der Waals surface area (Å²) in [7, 11) is 0. The van der Waals surface area contributed by atoms with Gasteiger partial charge in [0.2, 0.25) is 5.91 Å². The molecule has 0 aromatic heterocycles. The van der Waals surface area contributed by atoms with Crippen molar-refractivity contribution in [2.75, 3.05) is 32.7 Å². The van der Waals surface area contributed by atoms with Crippen molar-refractivity contribution >= 4 is 5.91 Å². The van der Waals surface area contributed by atoms with Crippen molar-refractivity contribution in [1.29, 1.82) is 0 Å². The van der Waals surface area contributed by atoms with E-state index in [9.17, 15) is 4.79 Å². The molecule has 2 aliphatic heterocycles. The van der Waals surface area contributed by atoms with Crippen LogP contribution in [-0.4, -0.2) is 60.5 Å². The van der Waals surface area contributed by atoms with Gasteiger partial charge in [0.1, 0.15) is 0 Å². The van der Waals surface area contributed by atoms with Gasteiger partial charge in [-0.25, -0.2) is 0 Å². The maximum atomic E-state index is 12.5. The quantitative estimate of drug-likeness (QED) is 0.812. The zero-order chi connectivity index (χ0) is 13.1. The zero-order valence-electron chi connectivity index (χ0n) is 12.0. The number of amides is 1. The van der Waals surface area contributed by atoms with Crippen LogP contribution in [0.25, 0.3) is 0 Å². The summed E-state index contributed by atoms with van der Waals surface area (Å²) < 4.78 is 0.